The van der Waals surface area contributed by atoms with Crippen molar-refractivity contribution in [3.63, 3.8) is 0 Å². The highest BCUT2D eigenvalue weighted by Crippen LogP contribution is 2.13. The number of benzene rings is 1. The number of rotatable bonds is 9. The highest BCUT2D eigenvalue weighted by molar-refractivity contribution is 6.68. The van der Waals surface area contributed by atoms with Gasteiger partial charge >= 0.3 is 8.24 Å². The molecule has 0 unspecified atom stereocenters. The first-order chi connectivity index (χ1) is 10.3. The van der Waals surface area contributed by atoms with Gasteiger partial charge in [-0.25, -0.2) is 0 Å². The maximum Gasteiger partial charge on any atom is 0.348 e. The first-order valence-electron chi connectivity index (χ1n) is 8.73. The molecule has 0 heterocycles. The third-order valence-corrected chi connectivity index (χ3v) is 6.15. The Balaban J connectivity index is 2.74. The van der Waals surface area contributed by atoms with Crippen LogP contribution in [0.5, 0.6) is 0 Å². The number of anilines is 1. The second-order valence-corrected chi connectivity index (χ2v) is 12.3. The molecular formula is C19H35N2Si+. The summed E-state index contributed by atoms with van der Waals surface area (Å²) >= 11 is 0. The number of nitrogens with zero attached hydrogens (tertiary/aromatic N) is 2. The second kappa shape index (κ2) is 9.14. The van der Waals surface area contributed by atoms with Crippen molar-refractivity contribution in [3.05, 3.63) is 29.8 Å². The van der Waals surface area contributed by atoms with Crippen molar-refractivity contribution in [2.24, 2.45) is 0 Å². The van der Waals surface area contributed by atoms with Crippen molar-refractivity contribution < 1.29 is 4.24 Å². The smallest absolute Gasteiger partial charge is 0.348 e. The molecule has 0 N–H and O–H groups in total. The average Bonchev–Trinajstić information content (AvgIpc) is 2.45. The van der Waals surface area contributed by atoms with Crippen LogP contribution in [0.4, 0.5) is 5.69 Å². The molecule has 0 saturated heterocycles. The Bertz CT molecular complexity index is 455. The Morgan fingerprint density at radius 1 is 0.955 bits per heavy atom. The van der Waals surface area contributed by atoms with Crippen LogP contribution < -0.4 is 4.90 Å². The van der Waals surface area contributed by atoms with E-state index in [1.54, 1.807) is 0 Å². The molecule has 0 aliphatic carbocycles. The predicted octanol–water partition coefficient (Wildman–Crippen LogP) is 4.99. The third-order valence-electron chi connectivity index (χ3n) is 4.08. The average molecular weight is 320 g/mol. The van der Waals surface area contributed by atoms with Gasteiger partial charge in [-0.2, -0.15) is 0 Å². The Labute approximate surface area is 139 Å². The van der Waals surface area contributed by atoms with Crippen molar-refractivity contribution >= 4 is 20.1 Å². The number of hydrogen-bond donors (Lipinski definition) is 0. The van der Waals surface area contributed by atoms with Gasteiger partial charge in [0.1, 0.15) is 12.8 Å². The van der Waals surface area contributed by atoms with Crippen LogP contribution in [0, 0.1) is 0 Å². The van der Waals surface area contributed by atoms with Gasteiger partial charge in [0.15, 0.2) is 0 Å². The standard InChI is InChI=1S/C19H35N2Si/c1-7-8-9-10-11-16-21(22(4,5)6)17-18-12-14-19(15-13-18)20(2)3/h12-15,17H,7-11,16H2,1-6H3/q+1. The minimum atomic E-state index is -1.31. The molecule has 2 nitrogen and oxygen atoms in total. The highest BCUT2D eigenvalue weighted by atomic mass is 28.3. The summed E-state index contributed by atoms with van der Waals surface area (Å²) in [5.41, 5.74) is 2.58. The minimum absolute atomic E-state index is 1.20. The van der Waals surface area contributed by atoms with E-state index < -0.39 is 8.24 Å². The zero-order chi connectivity index (χ0) is 16.6. The zero-order valence-electron chi connectivity index (χ0n) is 15.5. The minimum Gasteiger partial charge on any atom is -0.378 e. The van der Waals surface area contributed by atoms with Crippen LogP contribution >= 0.6 is 0 Å². The van der Waals surface area contributed by atoms with Crippen molar-refractivity contribution in [1.82, 2.24) is 0 Å². The van der Waals surface area contributed by atoms with Crippen LogP contribution in [0.25, 0.3) is 0 Å². The molecule has 1 aromatic carbocycles. The first kappa shape index (κ1) is 19.0. The molecular weight excluding hydrogens is 284 g/mol. The monoisotopic (exact) mass is 319 g/mol. The largest absolute Gasteiger partial charge is 0.378 e. The van der Waals surface area contributed by atoms with Crippen molar-refractivity contribution in [2.45, 2.75) is 58.7 Å². The van der Waals surface area contributed by atoms with E-state index in [0.29, 0.717) is 0 Å². The van der Waals surface area contributed by atoms with E-state index in [9.17, 15) is 0 Å². The lowest BCUT2D eigenvalue weighted by atomic mass is 10.1. The fraction of sp³-hybridized carbons (Fsp3) is 0.632. The molecule has 0 bridgehead atoms. The van der Waals surface area contributed by atoms with E-state index in [4.69, 9.17) is 0 Å². The molecule has 0 atom stereocenters. The van der Waals surface area contributed by atoms with Crippen LogP contribution in [-0.2, 0) is 0 Å². The van der Waals surface area contributed by atoms with Crippen LogP contribution in [0.1, 0.15) is 44.6 Å². The van der Waals surface area contributed by atoms with E-state index >= 15 is 0 Å². The van der Waals surface area contributed by atoms with Crippen LogP contribution in [0.3, 0.4) is 0 Å². The lowest BCUT2D eigenvalue weighted by Crippen LogP contribution is -2.39. The molecule has 0 spiro atoms. The van der Waals surface area contributed by atoms with Crippen molar-refractivity contribution in [3.8, 4) is 0 Å². The van der Waals surface area contributed by atoms with E-state index in [1.165, 1.54) is 49.9 Å². The summed E-state index contributed by atoms with van der Waals surface area (Å²) < 4.78 is 2.63. The molecule has 0 aliphatic heterocycles. The molecule has 0 saturated carbocycles. The quantitative estimate of drug-likeness (QED) is 0.353. The van der Waals surface area contributed by atoms with Gasteiger partial charge in [0.2, 0.25) is 0 Å². The summed E-state index contributed by atoms with van der Waals surface area (Å²) in [4.78, 5) is 2.15. The highest BCUT2D eigenvalue weighted by Gasteiger charge is 2.29. The maximum absolute atomic E-state index is 2.63. The zero-order valence-corrected chi connectivity index (χ0v) is 16.5. The van der Waals surface area contributed by atoms with Crippen LogP contribution in [0.15, 0.2) is 24.3 Å². The van der Waals surface area contributed by atoms with Gasteiger partial charge in [-0.05, 0) is 50.3 Å². The summed E-state index contributed by atoms with van der Waals surface area (Å²) in [6.07, 6.45) is 9.14. The molecule has 0 radical (unpaired) electrons. The maximum atomic E-state index is 2.63. The van der Waals surface area contributed by atoms with Crippen molar-refractivity contribution in [1.29, 1.82) is 0 Å². The van der Waals surface area contributed by atoms with Crippen LogP contribution in [0.2, 0.25) is 19.6 Å². The van der Waals surface area contributed by atoms with Crippen LogP contribution in [-0.4, -0.2) is 39.3 Å². The van der Waals surface area contributed by atoms with E-state index in [0.717, 1.165) is 0 Å². The van der Waals surface area contributed by atoms with E-state index in [-0.39, 0.29) is 0 Å². The summed E-state index contributed by atoms with van der Waals surface area (Å²) in [7, 11) is 2.87. The lowest BCUT2D eigenvalue weighted by Gasteiger charge is -2.16. The Kier molecular flexibility index (Phi) is 7.87. The van der Waals surface area contributed by atoms with Gasteiger partial charge in [0.25, 0.3) is 0 Å². The number of unbranched alkanes of at least 4 members (excludes halogenated alkanes) is 4. The van der Waals surface area contributed by atoms with E-state index in [2.05, 4.69) is 80.3 Å². The summed E-state index contributed by atoms with van der Waals surface area (Å²) in [5, 5.41) is 0. The molecule has 0 fully saturated rings. The Morgan fingerprint density at radius 2 is 1.55 bits per heavy atom. The summed E-state index contributed by atoms with van der Waals surface area (Å²) in [6.45, 7) is 10.8. The predicted molar refractivity (Wildman–Crippen MR) is 103 cm³/mol. The molecule has 0 aliphatic rings. The molecule has 3 heteroatoms. The lowest BCUT2D eigenvalue weighted by molar-refractivity contribution is -0.394. The molecule has 1 aromatic rings. The van der Waals surface area contributed by atoms with Gasteiger partial charge < -0.3 is 9.14 Å². The first-order valence-corrected chi connectivity index (χ1v) is 12.2. The van der Waals surface area contributed by atoms with Gasteiger partial charge in [-0.15, -0.1) is 0 Å². The molecule has 124 valence electrons. The molecule has 0 aromatic heterocycles. The Hall–Kier alpha value is -1.09. The van der Waals surface area contributed by atoms with Gasteiger partial charge in [0.05, 0.1) is 0 Å². The molecule has 1 rings (SSSR count). The fourth-order valence-corrected chi connectivity index (χ4v) is 3.88. The number of hydrogen-bond acceptors (Lipinski definition) is 1. The van der Waals surface area contributed by atoms with E-state index in [1.807, 2.05) is 0 Å². The van der Waals surface area contributed by atoms with Crippen molar-refractivity contribution in [2.75, 3.05) is 25.5 Å². The third kappa shape index (κ3) is 6.78. The molecule has 22 heavy (non-hydrogen) atoms. The molecule has 0 amide bonds. The summed E-state index contributed by atoms with van der Waals surface area (Å²) in [6, 6.07) is 8.88. The second-order valence-electron chi connectivity index (χ2n) is 7.39. The SMILES string of the molecule is CCCCCCC[N+](=Cc1ccc(N(C)C)cc1)[Si](C)(C)C. The topological polar surface area (TPSA) is 6.25 Å². The van der Waals surface area contributed by atoms with Gasteiger partial charge in [-0.1, -0.05) is 26.2 Å². The Morgan fingerprint density at radius 3 is 2.05 bits per heavy atom. The van der Waals surface area contributed by atoms with Gasteiger partial charge in [-0.3, -0.25) is 0 Å². The normalized spacial score (nSPS) is 12.5. The summed E-state index contributed by atoms with van der Waals surface area (Å²) in [5.74, 6) is 0. The fourth-order valence-electron chi connectivity index (χ4n) is 2.52. The van der Waals surface area contributed by atoms with Gasteiger partial charge in [0, 0.05) is 31.8 Å².